The zero-order chi connectivity index (χ0) is 20.6. The Bertz CT molecular complexity index is 1110. The number of hydrogen-bond donors (Lipinski definition) is 0. The van der Waals surface area contributed by atoms with Crippen molar-refractivity contribution < 1.29 is 0 Å². The van der Waals surface area contributed by atoms with Crippen molar-refractivity contribution in [3.05, 3.63) is 81.6 Å². The van der Waals surface area contributed by atoms with Gasteiger partial charge in [-0.1, -0.05) is 86.1 Å². The maximum Gasteiger partial charge on any atom is 0.258 e. The summed E-state index contributed by atoms with van der Waals surface area (Å²) in [7, 11) is 0. The highest BCUT2D eigenvalue weighted by Crippen LogP contribution is 2.49. The summed E-state index contributed by atoms with van der Waals surface area (Å²) in [6.07, 6.45) is 6.44. The van der Waals surface area contributed by atoms with Crippen LogP contribution in [0.1, 0.15) is 49.3 Å². The molecule has 0 bridgehead atoms. The van der Waals surface area contributed by atoms with E-state index in [2.05, 4.69) is 55.5 Å². The lowest BCUT2D eigenvalue weighted by Crippen LogP contribution is -2.40. The lowest BCUT2D eigenvalue weighted by Gasteiger charge is -2.36. The van der Waals surface area contributed by atoms with E-state index in [9.17, 15) is 4.79 Å². The first-order valence-corrected chi connectivity index (χ1v) is 12.1. The van der Waals surface area contributed by atoms with Crippen LogP contribution < -0.4 is 5.56 Å². The fourth-order valence-corrected chi connectivity index (χ4v) is 6.11. The summed E-state index contributed by atoms with van der Waals surface area (Å²) in [5, 5.41) is 0.863. The Morgan fingerprint density at radius 2 is 1.77 bits per heavy atom. The van der Waals surface area contributed by atoms with Crippen LogP contribution >= 0.6 is 11.8 Å². The van der Waals surface area contributed by atoms with Gasteiger partial charge in [-0.25, -0.2) is 4.98 Å². The first-order valence-electron chi connectivity index (χ1n) is 11.1. The lowest BCUT2D eigenvalue weighted by molar-refractivity contribution is 0.415. The summed E-state index contributed by atoms with van der Waals surface area (Å²) in [4.78, 5) is 19.2. The van der Waals surface area contributed by atoms with E-state index in [1.165, 1.54) is 24.0 Å². The molecule has 1 heterocycles. The highest BCUT2D eigenvalue weighted by atomic mass is 32.2. The number of nitrogens with zero attached hydrogens (tertiary/aromatic N) is 2. The van der Waals surface area contributed by atoms with Crippen LogP contribution in [-0.4, -0.2) is 15.3 Å². The van der Waals surface area contributed by atoms with Gasteiger partial charge in [-0.15, -0.1) is 0 Å². The Kier molecular flexibility index (Phi) is 5.28. The largest absolute Gasteiger partial charge is 0.287 e. The molecule has 1 aromatic heterocycles. The summed E-state index contributed by atoms with van der Waals surface area (Å²) in [5.41, 5.74) is 5.89. The van der Waals surface area contributed by atoms with Crippen LogP contribution in [0.2, 0.25) is 0 Å². The molecule has 0 radical (unpaired) electrons. The molecule has 2 aromatic carbocycles. The molecule has 4 heteroatoms. The molecule has 1 spiro atoms. The van der Waals surface area contributed by atoms with Crippen molar-refractivity contribution >= 4 is 11.8 Å². The number of thioether (sulfide) groups is 1. The molecule has 0 N–H and O–H groups in total. The molecule has 3 aromatic rings. The second kappa shape index (κ2) is 8.07. The number of rotatable bonds is 5. The molecule has 30 heavy (non-hydrogen) atoms. The monoisotopic (exact) mass is 416 g/mol. The van der Waals surface area contributed by atoms with E-state index in [-0.39, 0.29) is 11.0 Å². The number of fused-ring (bicyclic) bond motifs is 4. The number of aryl methyl sites for hydroxylation is 1. The molecule has 3 nitrogen and oxygen atoms in total. The van der Waals surface area contributed by atoms with Gasteiger partial charge < -0.3 is 0 Å². The van der Waals surface area contributed by atoms with Crippen LogP contribution in [0, 0.1) is 0 Å². The molecular weight excluding hydrogens is 388 g/mol. The number of benzene rings is 2. The van der Waals surface area contributed by atoms with Gasteiger partial charge in [-0.05, 0) is 42.6 Å². The zero-order valence-corrected chi connectivity index (χ0v) is 18.4. The zero-order valence-electron chi connectivity index (χ0n) is 17.6. The van der Waals surface area contributed by atoms with E-state index >= 15 is 0 Å². The topological polar surface area (TPSA) is 34.9 Å². The molecule has 0 atom stereocenters. The molecular formula is C26H28N2OS. The van der Waals surface area contributed by atoms with Crippen molar-refractivity contribution in [1.82, 2.24) is 9.55 Å². The van der Waals surface area contributed by atoms with E-state index in [1.54, 1.807) is 11.8 Å². The Balaban J connectivity index is 1.67. The van der Waals surface area contributed by atoms with E-state index in [0.29, 0.717) is 6.54 Å². The van der Waals surface area contributed by atoms with Gasteiger partial charge in [-0.3, -0.25) is 9.36 Å². The number of aromatic nitrogens is 2. The smallest absolute Gasteiger partial charge is 0.258 e. The van der Waals surface area contributed by atoms with Crippen LogP contribution in [0.25, 0.3) is 11.3 Å². The Morgan fingerprint density at radius 3 is 2.53 bits per heavy atom. The molecule has 0 unspecified atom stereocenters. The van der Waals surface area contributed by atoms with Gasteiger partial charge in [0.25, 0.3) is 5.56 Å². The quantitative estimate of drug-likeness (QED) is 0.399. The Labute approximate surface area is 182 Å². The van der Waals surface area contributed by atoms with Gasteiger partial charge in [0.05, 0.1) is 11.3 Å². The summed E-state index contributed by atoms with van der Waals surface area (Å²) in [6, 6.07) is 19.0. The minimum absolute atomic E-state index is 0.0301. The van der Waals surface area contributed by atoms with E-state index < -0.39 is 0 Å². The maximum absolute atomic E-state index is 14.0. The van der Waals surface area contributed by atoms with Gasteiger partial charge in [0, 0.05) is 17.5 Å². The second-order valence-corrected chi connectivity index (χ2v) is 9.80. The molecule has 154 valence electrons. The third-order valence-electron chi connectivity index (χ3n) is 6.77. The average molecular weight is 417 g/mol. The predicted molar refractivity (Wildman–Crippen MR) is 124 cm³/mol. The minimum atomic E-state index is -0.0301. The predicted octanol–water partition coefficient (Wildman–Crippen LogP) is 5.63. The van der Waals surface area contributed by atoms with Gasteiger partial charge in [-0.2, -0.15) is 0 Å². The van der Waals surface area contributed by atoms with Crippen molar-refractivity contribution in [2.75, 3.05) is 5.75 Å². The van der Waals surface area contributed by atoms with Crippen LogP contribution in [-0.2, 0) is 24.8 Å². The second-order valence-electron chi connectivity index (χ2n) is 8.56. The van der Waals surface area contributed by atoms with E-state index in [1.807, 2.05) is 10.6 Å². The SMILES string of the molecule is CCSc1nc2c(c(=O)n1CCc1ccccc1)C1(CCCC1)Cc1ccccc1-2. The van der Waals surface area contributed by atoms with Crippen LogP contribution in [0.5, 0.6) is 0 Å². The Hall–Kier alpha value is -2.33. The normalized spacial score (nSPS) is 16.4. The molecule has 0 aliphatic heterocycles. The molecule has 1 fully saturated rings. The summed E-state index contributed by atoms with van der Waals surface area (Å²) >= 11 is 1.68. The average Bonchev–Trinajstić information content (AvgIpc) is 3.22. The van der Waals surface area contributed by atoms with Gasteiger partial charge in [0.2, 0.25) is 0 Å². The summed E-state index contributed by atoms with van der Waals surface area (Å²) < 4.78 is 1.97. The molecule has 1 saturated carbocycles. The molecule has 2 aliphatic rings. The summed E-state index contributed by atoms with van der Waals surface area (Å²) in [6.45, 7) is 2.81. The Morgan fingerprint density at radius 1 is 1.03 bits per heavy atom. The van der Waals surface area contributed by atoms with Crippen molar-refractivity contribution in [2.24, 2.45) is 0 Å². The van der Waals surface area contributed by atoms with E-state index in [4.69, 9.17) is 4.98 Å². The summed E-state index contributed by atoms with van der Waals surface area (Å²) in [5.74, 6) is 0.906. The highest BCUT2D eigenvalue weighted by molar-refractivity contribution is 7.99. The first-order chi connectivity index (χ1) is 14.7. The van der Waals surface area contributed by atoms with Crippen molar-refractivity contribution in [2.45, 2.75) is 62.6 Å². The third-order valence-corrected chi connectivity index (χ3v) is 7.63. The van der Waals surface area contributed by atoms with Crippen LogP contribution in [0.3, 0.4) is 0 Å². The van der Waals surface area contributed by atoms with Crippen LogP contribution in [0.15, 0.2) is 64.5 Å². The lowest BCUT2D eigenvalue weighted by atomic mass is 9.68. The molecule has 0 amide bonds. The molecule has 5 rings (SSSR count). The molecule has 0 saturated heterocycles. The number of hydrogen-bond acceptors (Lipinski definition) is 3. The maximum atomic E-state index is 14.0. The van der Waals surface area contributed by atoms with Gasteiger partial charge in [0.1, 0.15) is 0 Å². The third kappa shape index (κ3) is 3.31. The minimum Gasteiger partial charge on any atom is -0.287 e. The standard InChI is InChI=1S/C26H28N2OS/c1-2-30-25-27-23-21-13-7-6-12-20(21)18-26(15-8-9-16-26)22(23)24(29)28(25)17-14-19-10-4-3-5-11-19/h3-7,10-13H,2,8-9,14-18H2,1H3. The first kappa shape index (κ1) is 19.6. The van der Waals surface area contributed by atoms with Gasteiger partial charge >= 0.3 is 0 Å². The van der Waals surface area contributed by atoms with Crippen molar-refractivity contribution in [3.8, 4) is 11.3 Å². The fraction of sp³-hybridized carbons (Fsp3) is 0.385. The molecule has 2 aliphatic carbocycles. The van der Waals surface area contributed by atoms with E-state index in [0.717, 1.165) is 53.4 Å². The fourth-order valence-electron chi connectivity index (χ4n) is 5.37. The van der Waals surface area contributed by atoms with Gasteiger partial charge in [0.15, 0.2) is 5.16 Å². The van der Waals surface area contributed by atoms with Crippen LogP contribution in [0.4, 0.5) is 0 Å². The van der Waals surface area contributed by atoms with Crippen molar-refractivity contribution in [1.29, 1.82) is 0 Å². The van der Waals surface area contributed by atoms with Crippen molar-refractivity contribution in [3.63, 3.8) is 0 Å². The highest BCUT2D eigenvalue weighted by Gasteiger charge is 2.44.